The van der Waals surface area contributed by atoms with Crippen molar-refractivity contribution in [2.75, 3.05) is 5.32 Å². The van der Waals surface area contributed by atoms with E-state index in [1.807, 2.05) is 0 Å². The summed E-state index contributed by atoms with van der Waals surface area (Å²) in [5, 5.41) is 8.74. The van der Waals surface area contributed by atoms with Crippen LogP contribution in [-0.2, 0) is 17.8 Å². The molecule has 178 valence electrons. The van der Waals surface area contributed by atoms with E-state index in [1.165, 1.54) is 19.2 Å². The van der Waals surface area contributed by atoms with Crippen LogP contribution < -0.4 is 10.6 Å². The molecule has 3 aromatic rings. The van der Waals surface area contributed by atoms with Crippen LogP contribution in [0.1, 0.15) is 69.6 Å². The van der Waals surface area contributed by atoms with Gasteiger partial charge in [-0.2, -0.15) is 9.37 Å². The largest absolute Gasteiger partial charge is 0.340 e. The number of carbonyl (C=O) groups is 3. The first-order valence-corrected chi connectivity index (χ1v) is 11.0. The summed E-state index contributed by atoms with van der Waals surface area (Å²) in [6.45, 7) is 5.20. The Kier molecular flexibility index (Phi) is 6.47. The molecular weight excluding hydrogens is 467 g/mol. The highest BCUT2D eigenvalue weighted by atomic mass is 35.5. The van der Waals surface area contributed by atoms with Crippen molar-refractivity contribution in [3.63, 3.8) is 0 Å². The SMILES string of the molecule is Cc1noc(C(C)NC(=O)C(=O)c2c(Cl)c(C(=O)Nc3cnc(F)c(C)c3)c3n2CCCC3)n1. The molecule has 1 aliphatic rings. The first-order chi connectivity index (χ1) is 16.2. The highest BCUT2D eigenvalue weighted by Gasteiger charge is 2.34. The summed E-state index contributed by atoms with van der Waals surface area (Å²) in [7, 11) is 0. The smallest absolute Gasteiger partial charge is 0.294 e. The summed E-state index contributed by atoms with van der Waals surface area (Å²) >= 11 is 6.53. The predicted molar refractivity (Wildman–Crippen MR) is 119 cm³/mol. The van der Waals surface area contributed by atoms with Gasteiger partial charge in [0.05, 0.1) is 22.5 Å². The third-order valence-electron chi connectivity index (χ3n) is 5.54. The zero-order chi connectivity index (χ0) is 24.6. The minimum absolute atomic E-state index is 0.0543. The average Bonchev–Trinajstić information content (AvgIpc) is 3.36. The van der Waals surface area contributed by atoms with Crippen LogP contribution in [0.4, 0.5) is 10.1 Å². The normalized spacial score (nSPS) is 13.8. The lowest BCUT2D eigenvalue weighted by Crippen LogP contribution is -2.35. The molecule has 10 nitrogen and oxygen atoms in total. The molecular formula is C22H22ClFN6O4. The molecule has 1 atom stereocenters. The molecule has 3 aromatic heterocycles. The van der Waals surface area contributed by atoms with Crippen LogP contribution in [0.3, 0.4) is 0 Å². The lowest BCUT2D eigenvalue weighted by atomic mass is 10.1. The highest BCUT2D eigenvalue weighted by Crippen LogP contribution is 2.33. The van der Waals surface area contributed by atoms with E-state index in [0.29, 0.717) is 24.5 Å². The summed E-state index contributed by atoms with van der Waals surface area (Å²) < 4.78 is 20.1. The third-order valence-corrected chi connectivity index (χ3v) is 5.91. The topological polar surface area (TPSA) is 132 Å². The first kappa shape index (κ1) is 23.6. The van der Waals surface area contributed by atoms with E-state index in [4.69, 9.17) is 16.1 Å². The molecule has 0 radical (unpaired) electrons. The van der Waals surface area contributed by atoms with Crippen LogP contribution in [0.15, 0.2) is 16.8 Å². The van der Waals surface area contributed by atoms with Crippen molar-refractivity contribution >= 4 is 34.9 Å². The molecule has 1 unspecified atom stereocenters. The Morgan fingerprint density at radius 2 is 2.03 bits per heavy atom. The zero-order valence-corrected chi connectivity index (χ0v) is 19.5. The molecule has 2 amide bonds. The van der Waals surface area contributed by atoms with Crippen molar-refractivity contribution in [1.29, 1.82) is 0 Å². The molecule has 12 heteroatoms. The molecule has 0 aliphatic carbocycles. The predicted octanol–water partition coefficient (Wildman–Crippen LogP) is 3.32. The van der Waals surface area contributed by atoms with Gasteiger partial charge in [0.25, 0.3) is 17.6 Å². The van der Waals surface area contributed by atoms with Gasteiger partial charge in [0.2, 0.25) is 11.8 Å². The fourth-order valence-electron chi connectivity index (χ4n) is 3.90. The number of hydrogen-bond donors (Lipinski definition) is 2. The lowest BCUT2D eigenvalue weighted by molar-refractivity contribution is -0.117. The van der Waals surface area contributed by atoms with E-state index in [2.05, 4.69) is 25.8 Å². The Morgan fingerprint density at radius 1 is 1.26 bits per heavy atom. The van der Waals surface area contributed by atoms with Crippen LogP contribution in [0.5, 0.6) is 0 Å². The van der Waals surface area contributed by atoms with Crippen molar-refractivity contribution in [3.8, 4) is 0 Å². The molecule has 0 aromatic carbocycles. The van der Waals surface area contributed by atoms with E-state index in [1.54, 1.807) is 18.4 Å². The van der Waals surface area contributed by atoms with Crippen molar-refractivity contribution in [2.24, 2.45) is 0 Å². The molecule has 0 fully saturated rings. The summed E-state index contributed by atoms with van der Waals surface area (Å²) in [5.41, 5.74) is 1.17. The maximum Gasteiger partial charge on any atom is 0.294 e. The van der Waals surface area contributed by atoms with E-state index in [0.717, 1.165) is 12.8 Å². The quantitative estimate of drug-likeness (QED) is 0.309. The lowest BCUT2D eigenvalue weighted by Gasteiger charge is -2.18. The zero-order valence-electron chi connectivity index (χ0n) is 18.7. The number of anilines is 1. The number of hydrogen-bond acceptors (Lipinski definition) is 7. The number of ketones is 1. The number of Topliss-reactive ketones (excluding diaryl/α,β-unsaturated/α-hetero) is 1. The number of nitrogens with zero attached hydrogens (tertiary/aromatic N) is 4. The fraction of sp³-hybridized carbons (Fsp3) is 0.364. The monoisotopic (exact) mass is 488 g/mol. The molecule has 0 bridgehead atoms. The van der Waals surface area contributed by atoms with Gasteiger partial charge >= 0.3 is 0 Å². The standard InChI is InChI=1S/C22H22ClFN6O4/c1-10-8-13(9-25-19(10)24)28-20(32)15-14-6-4-5-7-30(14)17(16(15)23)18(31)21(33)26-11(2)22-27-12(3)29-34-22/h8-9,11H,4-7H2,1-3H3,(H,26,33)(H,28,32). The third kappa shape index (κ3) is 4.43. The van der Waals surface area contributed by atoms with E-state index in [9.17, 15) is 18.8 Å². The number of fused-ring (bicyclic) bond motifs is 1. The second kappa shape index (κ2) is 9.34. The molecule has 0 saturated carbocycles. The summed E-state index contributed by atoms with van der Waals surface area (Å²) in [4.78, 5) is 46.6. The Bertz CT molecular complexity index is 1300. The Morgan fingerprint density at radius 3 is 2.71 bits per heavy atom. The second-order valence-corrected chi connectivity index (χ2v) is 8.46. The number of aryl methyl sites for hydroxylation is 2. The average molecular weight is 489 g/mol. The van der Waals surface area contributed by atoms with Crippen LogP contribution in [-0.4, -0.2) is 37.3 Å². The molecule has 0 spiro atoms. The van der Waals surface area contributed by atoms with Gasteiger partial charge in [-0.05, 0) is 46.1 Å². The van der Waals surface area contributed by atoms with E-state index < -0.39 is 29.6 Å². The molecule has 2 N–H and O–H groups in total. The van der Waals surface area contributed by atoms with Crippen molar-refractivity contribution in [1.82, 2.24) is 25.0 Å². The van der Waals surface area contributed by atoms with Crippen LogP contribution >= 0.6 is 11.6 Å². The molecule has 4 rings (SSSR count). The van der Waals surface area contributed by atoms with Crippen molar-refractivity contribution < 1.29 is 23.3 Å². The van der Waals surface area contributed by atoms with Gasteiger partial charge in [0.15, 0.2) is 5.82 Å². The number of carbonyl (C=O) groups excluding carboxylic acids is 3. The second-order valence-electron chi connectivity index (χ2n) is 8.08. The van der Waals surface area contributed by atoms with Gasteiger partial charge in [-0.25, -0.2) is 4.98 Å². The van der Waals surface area contributed by atoms with Crippen molar-refractivity contribution in [2.45, 2.75) is 52.6 Å². The summed E-state index contributed by atoms with van der Waals surface area (Å²) in [6, 6.07) is 0.737. The number of rotatable bonds is 6. The van der Waals surface area contributed by atoms with Crippen LogP contribution in [0.2, 0.25) is 5.02 Å². The first-order valence-electron chi connectivity index (χ1n) is 10.7. The van der Waals surface area contributed by atoms with Crippen LogP contribution in [0, 0.1) is 19.8 Å². The van der Waals surface area contributed by atoms with Gasteiger partial charge in [0.1, 0.15) is 11.7 Å². The van der Waals surface area contributed by atoms with Crippen molar-refractivity contribution in [3.05, 3.63) is 57.5 Å². The summed E-state index contributed by atoms with van der Waals surface area (Å²) in [6.07, 6.45) is 3.26. The van der Waals surface area contributed by atoms with E-state index >= 15 is 0 Å². The molecule has 1 aliphatic heterocycles. The number of pyridine rings is 1. The summed E-state index contributed by atoms with van der Waals surface area (Å²) in [5.74, 6) is -2.45. The fourth-order valence-corrected chi connectivity index (χ4v) is 4.28. The molecule has 0 saturated heterocycles. The molecule has 4 heterocycles. The van der Waals surface area contributed by atoms with Crippen LogP contribution in [0.25, 0.3) is 0 Å². The van der Waals surface area contributed by atoms with Gasteiger partial charge in [-0.15, -0.1) is 0 Å². The number of amides is 2. The maximum absolute atomic E-state index is 13.5. The number of aromatic nitrogens is 4. The Hall–Kier alpha value is -3.60. The number of nitrogens with one attached hydrogen (secondary N) is 2. The highest BCUT2D eigenvalue weighted by molar-refractivity contribution is 6.48. The minimum atomic E-state index is -0.915. The van der Waals surface area contributed by atoms with Gasteiger partial charge in [-0.3, -0.25) is 14.4 Å². The Balaban J connectivity index is 1.63. The van der Waals surface area contributed by atoms with Gasteiger partial charge in [0, 0.05) is 17.8 Å². The minimum Gasteiger partial charge on any atom is -0.340 e. The Labute approximate surface area is 198 Å². The number of halogens is 2. The molecule has 34 heavy (non-hydrogen) atoms. The maximum atomic E-state index is 13.5. The van der Waals surface area contributed by atoms with E-state index in [-0.39, 0.29) is 33.4 Å². The van der Waals surface area contributed by atoms with Gasteiger partial charge in [-0.1, -0.05) is 16.8 Å². The van der Waals surface area contributed by atoms with Gasteiger partial charge < -0.3 is 19.7 Å².